The summed E-state index contributed by atoms with van der Waals surface area (Å²) in [7, 11) is 3.60. The van der Waals surface area contributed by atoms with E-state index in [-0.39, 0.29) is 12.5 Å². The smallest absolute Gasteiger partial charge is 0.191 e. The number of nitrogens with zero attached hydrogens (tertiary/aromatic N) is 2. The molecule has 0 saturated heterocycles. The largest absolute Gasteiger partial charge is 0.370 e. The van der Waals surface area contributed by atoms with Crippen molar-refractivity contribution >= 4 is 18.5 Å². The lowest BCUT2D eigenvalue weighted by Gasteiger charge is -2.16. The highest BCUT2D eigenvalue weighted by molar-refractivity contribution is 5.80. The number of hydrogen-bond acceptors (Lipinski definition) is 3. The highest BCUT2D eigenvalue weighted by Crippen LogP contribution is 2.22. The van der Waals surface area contributed by atoms with E-state index in [1.807, 2.05) is 25.1 Å². The normalized spacial score (nSPS) is 12.9. The summed E-state index contributed by atoms with van der Waals surface area (Å²) in [6, 6.07) is 5.42. The van der Waals surface area contributed by atoms with Gasteiger partial charge in [-0.25, -0.2) is 4.99 Å². The minimum Gasteiger partial charge on any atom is -0.370 e. The number of carbonyl (C=O) groups is 1. The fourth-order valence-corrected chi connectivity index (χ4v) is 1.65. The second-order valence-electron chi connectivity index (χ2n) is 4.56. The molecule has 0 radical (unpaired) electrons. The average Bonchev–Trinajstić information content (AvgIpc) is 2.38. The van der Waals surface area contributed by atoms with Crippen molar-refractivity contribution < 1.29 is 4.79 Å². The van der Waals surface area contributed by atoms with Crippen LogP contribution in [0.4, 0.5) is 0 Å². The Morgan fingerprint density at radius 1 is 1.53 bits per heavy atom. The van der Waals surface area contributed by atoms with Gasteiger partial charge in [0.15, 0.2) is 5.96 Å². The van der Waals surface area contributed by atoms with E-state index in [1.54, 1.807) is 19.0 Å². The van der Waals surface area contributed by atoms with Gasteiger partial charge in [-0.1, -0.05) is 12.1 Å². The van der Waals surface area contributed by atoms with Crippen LogP contribution in [0, 0.1) is 12.3 Å². The number of guanidine groups is 1. The fourth-order valence-electron chi connectivity index (χ4n) is 1.65. The van der Waals surface area contributed by atoms with Crippen molar-refractivity contribution in [1.82, 2.24) is 4.90 Å². The molecule has 1 aromatic rings. The van der Waals surface area contributed by atoms with Crippen LogP contribution in [0.25, 0.3) is 0 Å². The monoisotopic (exact) mass is 260 g/mol. The Bertz CT molecular complexity index is 494. The van der Waals surface area contributed by atoms with Crippen LogP contribution in [0.2, 0.25) is 0 Å². The van der Waals surface area contributed by atoms with Crippen molar-refractivity contribution in [3.05, 3.63) is 34.9 Å². The summed E-state index contributed by atoms with van der Waals surface area (Å²) in [5.74, 6) is 0.379. The van der Waals surface area contributed by atoms with Crippen LogP contribution in [-0.4, -0.2) is 37.5 Å². The molecule has 5 heteroatoms. The summed E-state index contributed by atoms with van der Waals surface area (Å²) >= 11 is 0. The number of nitrogens with two attached hydrogens (primary N) is 1. The third-order valence-electron chi connectivity index (χ3n) is 2.91. The molecule has 1 aromatic carbocycles. The van der Waals surface area contributed by atoms with Gasteiger partial charge in [-0.3, -0.25) is 0 Å². The third-order valence-corrected chi connectivity index (χ3v) is 2.91. The predicted octanol–water partition coefficient (Wildman–Crippen LogP) is 1.50. The van der Waals surface area contributed by atoms with Gasteiger partial charge in [0, 0.05) is 26.7 Å². The topological polar surface area (TPSA) is 82.5 Å². The molecule has 0 aromatic heterocycles. The number of hydrogen-bond donors (Lipinski definition) is 2. The first-order valence-corrected chi connectivity index (χ1v) is 6.04. The van der Waals surface area contributed by atoms with Gasteiger partial charge >= 0.3 is 0 Å². The van der Waals surface area contributed by atoms with Gasteiger partial charge in [0.2, 0.25) is 0 Å². The Labute approximate surface area is 113 Å². The molecule has 0 aliphatic carbocycles. The molecule has 5 nitrogen and oxygen atoms in total. The number of nitrogens with one attached hydrogen (secondary N) is 1. The molecule has 19 heavy (non-hydrogen) atoms. The molecule has 0 bridgehead atoms. The van der Waals surface area contributed by atoms with Gasteiger partial charge in [-0.15, -0.1) is 0 Å². The summed E-state index contributed by atoms with van der Waals surface area (Å²) in [6.45, 7) is 1.94. The minimum atomic E-state index is -0.306. The van der Waals surface area contributed by atoms with Crippen LogP contribution in [0.3, 0.4) is 0 Å². The Balaban J connectivity index is 3.15. The molecule has 0 aliphatic heterocycles. The average molecular weight is 260 g/mol. The van der Waals surface area contributed by atoms with Crippen LogP contribution >= 0.6 is 0 Å². The first-order valence-electron chi connectivity index (χ1n) is 6.04. The van der Waals surface area contributed by atoms with E-state index in [4.69, 9.17) is 11.1 Å². The van der Waals surface area contributed by atoms with Crippen molar-refractivity contribution in [2.24, 2.45) is 10.7 Å². The number of carbonyl (C=O) groups excluding carboxylic acids is 1. The maximum absolute atomic E-state index is 10.8. The Morgan fingerprint density at radius 3 is 2.74 bits per heavy atom. The lowest BCUT2D eigenvalue weighted by atomic mass is 9.99. The number of aryl methyl sites for hydroxylation is 1. The molecule has 0 saturated carbocycles. The summed E-state index contributed by atoms with van der Waals surface area (Å²) in [6.07, 6.45) is 2.41. The number of benzene rings is 1. The lowest BCUT2D eigenvalue weighted by Crippen LogP contribution is -2.31. The van der Waals surface area contributed by atoms with E-state index in [1.165, 1.54) is 6.21 Å². The molecular weight excluding hydrogens is 240 g/mol. The van der Waals surface area contributed by atoms with Crippen LogP contribution in [-0.2, 0) is 4.79 Å². The van der Waals surface area contributed by atoms with E-state index < -0.39 is 0 Å². The first-order chi connectivity index (χ1) is 8.99. The standard InChI is InChI=1S/C14H20N4O/c1-10-4-5-11(8-12(10)9-15)13(6-7-19)17-14(16)18(2)3/h4-5,7-9,13,15H,6H2,1-3H3,(H2,16,17). The van der Waals surface area contributed by atoms with Gasteiger partial charge in [-0.2, -0.15) is 0 Å². The highest BCUT2D eigenvalue weighted by atomic mass is 16.1. The van der Waals surface area contributed by atoms with Gasteiger partial charge in [-0.05, 0) is 29.7 Å². The van der Waals surface area contributed by atoms with Gasteiger partial charge in [0.05, 0.1) is 6.04 Å². The number of rotatable bonds is 5. The Hall–Kier alpha value is -2.17. The SMILES string of the molecule is Cc1ccc(C(CC=O)N=C(N)N(C)C)cc1C=N. The fraction of sp³-hybridized carbons (Fsp3) is 0.357. The van der Waals surface area contributed by atoms with Crippen LogP contribution < -0.4 is 5.73 Å². The van der Waals surface area contributed by atoms with Crippen LogP contribution in [0.1, 0.15) is 29.2 Å². The highest BCUT2D eigenvalue weighted by Gasteiger charge is 2.12. The molecule has 0 fully saturated rings. The molecule has 0 heterocycles. The molecule has 1 atom stereocenters. The second kappa shape index (κ2) is 6.68. The van der Waals surface area contributed by atoms with Crippen molar-refractivity contribution in [3.63, 3.8) is 0 Å². The van der Waals surface area contributed by atoms with Gasteiger partial charge in [0.1, 0.15) is 6.29 Å². The molecule has 1 unspecified atom stereocenters. The first kappa shape index (κ1) is 14.9. The third kappa shape index (κ3) is 3.91. The Kier molecular flexibility index (Phi) is 5.23. The maximum Gasteiger partial charge on any atom is 0.191 e. The van der Waals surface area contributed by atoms with Crippen molar-refractivity contribution in [3.8, 4) is 0 Å². The van der Waals surface area contributed by atoms with Gasteiger partial charge in [0.25, 0.3) is 0 Å². The van der Waals surface area contributed by atoms with E-state index in [0.717, 1.165) is 23.0 Å². The summed E-state index contributed by atoms with van der Waals surface area (Å²) in [5.41, 5.74) is 8.54. The maximum atomic E-state index is 10.8. The molecule has 1 rings (SSSR count). The van der Waals surface area contributed by atoms with Crippen molar-refractivity contribution in [2.45, 2.75) is 19.4 Å². The van der Waals surface area contributed by atoms with Crippen molar-refractivity contribution in [2.75, 3.05) is 14.1 Å². The molecule has 0 aliphatic rings. The quantitative estimate of drug-likeness (QED) is 0.478. The zero-order valence-corrected chi connectivity index (χ0v) is 11.6. The van der Waals surface area contributed by atoms with Crippen molar-refractivity contribution in [1.29, 1.82) is 5.41 Å². The van der Waals surface area contributed by atoms with Gasteiger partial charge < -0.3 is 20.8 Å². The molecule has 0 amide bonds. The van der Waals surface area contributed by atoms with Crippen LogP contribution in [0.5, 0.6) is 0 Å². The number of aldehydes is 1. The molecular formula is C14H20N4O. The Morgan fingerprint density at radius 2 is 2.21 bits per heavy atom. The zero-order chi connectivity index (χ0) is 14.4. The van der Waals surface area contributed by atoms with E-state index in [0.29, 0.717) is 5.96 Å². The molecule has 3 N–H and O–H groups in total. The summed E-state index contributed by atoms with van der Waals surface area (Å²) in [5, 5.41) is 7.37. The zero-order valence-electron chi connectivity index (χ0n) is 11.6. The van der Waals surface area contributed by atoms with E-state index in [2.05, 4.69) is 4.99 Å². The second-order valence-corrected chi connectivity index (χ2v) is 4.56. The molecule has 0 spiro atoms. The predicted molar refractivity (Wildman–Crippen MR) is 77.8 cm³/mol. The number of aliphatic imine (C=N–C) groups is 1. The summed E-state index contributed by atoms with van der Waals surface area (Å²) < 4.78 is 0. The lowest BCUT2D eigenvalue weighted by molar-refractivity contribution is -0.108. The minimum absolute atomic E-state index is 0.273. The van der Waals surface area contributed by atoms with E-state index in [9.17, 15) is 4.79 Å². The summed E-state index contributed by atoms with van der Waals surface area (Å²) in [4.78, 5) is 16.8. The van der Waals surface area contributed by atoms with E-state index >= 15 is 0 Å². The van der Waals surface area contributed by atoms with Crippen LogP contribution in [0.15, 0.2) is 23.2 Å². The molecule has 102 valence electrons.